The number of benzene rings is 4. The summed E-state index contributed by atoms with van der Waals surface area (Å²) in [4.78, 5) is 10.9. The molecule has 262 valence electrons. The number of methoxy groups -OCH3 is 1. The fraction of sp³-hybridized carbons (Fsp3) is 0.350. The second-order valence-corrected chi connectivity index (χ2v) is 16.1. The van der Waals surface area contributed by atoms with Crippen LogP contribution >= 0.6 is 24.4 Å². The Hall–Kier alpha value is -3.72. The maximum absolute atomic E-state index is 10.9. The van der Waals surface area contributed by atoms with Gasteiger partial charge in [-0.15, -0.1) is 0 Å². The highest BCUT2D eigenvalue weighted by atomic mass is 32.2. The number of amidine groups is 1. The molecule has 0 spiro atoms. The summed E-state index contributed by atoms with van der Waals surface area (Å²) < 4.78 is 4.32. The lowest BCUT2D eigenvalue weighted by molar-refractivity contribution is -0.110. The Morgan fingerprint density at radius 2 is 1.15 bits per heavy atom. The molecule has 0 amide bonds. The lowest BCUT2D eigenvalue weighted by atomic mass is 9.98. The first kappa shape index (κ1) is 42.3. The average Bonchev–Trinajstić information content (AvgIpc) is 2.97. The van der Waals surface area contributed by atoms with Gasteiger partial charge in [-0.3, -0.25) is 11.1 Å². The molecular weight excluding hydrogens is 635 g/mol. The zero-order chi connectivity index (χ0) is 36.9. The minimum Gasteiger partial charge on any atom is -0.465 e. The van der Waals surface area contributed by atoms with E-state index in [2.05, 4.69) is 76.2 Å². The normalized spacial score (nSPS) is 11.0. The molecule has 0 atom stereocenters. The largest absolute Gasteiger partial charge is 0.465 e. The Kier molecular flexibility index (Phi) is 16.5. The number of nitrogens with two attached hydrogens (primary N) is 3. The van der Waals surface area contributed by atoms with Crippen LogP contribution in [0.2, 0.25) is 0 Å². The Bertz CT molecular complexity index is 1540. The number of aryl methyl sites for hydroxylation is 4. The molecule has 0 aliphatic heterocycles. The first-order valence-electron chi connectivity index (χ1n) is 15.7. The van der Waals surface area contributed by atoms with E-state index >= 15 is 0 Å². The first-order valence-corrected chi connectivity index (χ1v) is 17.0. The third-order valence-electron chi connectivity index (χ3n) is 7.22. The number of hydrogen-bond acceptors (Lipinski definition) is 6. The van der Waals surface area contributed by atoms with E-state index in [1.165, 1.54) is 35.6 Å². The second-order valence-electron chi connectivity index (χ2n) is 13.3. The fourth-order valence-electron chi connectivity index (χ4n) is 4.31. The summed E-state index contributed by atoms with van der Waals surface area (Å²) in [5.41, 5.74) is 20.3. The van der Waals surface area contributed by atoms with Crippen molar-refractivity contribution < 1.29 is 21.5 Å². The van der Waals surface area contributed by atoms with E-state index in [9.17, 15) is 9.90 Å². The summed E-state index contributed by atoms with van der Waals surface area (Å²) in [6.45, 7) is 20.0. The van der Waals surface area contributed by atoms with Gasteiger partial charge in [-0.05, 0) is 121 Å². The van der Waals surface area contributed by atoms with Crippen LogP contribution in [0.15, 0.2) is 91.0 Å². The summed E-state index contributed by atoms with van der Waals surface area (Å²) in [7, 11) is 1.38. The van der Waals surface area contributed by atoms with Gasteiger partial charge in [0.05, 0.1) is 18.3 Å². The number of hydrogen-bond donors (Lipinski definition) is 5. The van der Waals surface area contributed by atoms with Crippen LogP contribution in [0.3, 0.4) is 0 Å². The van der Waals surface area contributed by atoms with Gasteiger partial charge in [-0.2, -0.15) is 12.6 Å². The number of thiol groups is 1. The number of esters is 1. The van der Waals surface area contributed by atoms with E-state index in [1.54, 1.807) is 26.0 Å². The lowest BCUT2D eigenvalue weighted by Gasteiger charge is -2.23. The molecule has 48 heavy (non-hydrogen) atoms. The molecule has 0 aliphatic carbocycles. The third-order valence-corrected chi connectivity index (χ3v) is 8.44. The molecule has 4 aromatic rings. The van der Waals surface area contributed by atoms with Crippen molar-refractivity contribution in [1.82, 2.24) is 0 Å². The van der Waals surface area contributed by atoms with Crippen molar-refractivity contribution in [3.8, 4) is 0 Å². The topological polar surface area (TPSA) is 124 Å². The Balaban J connectivity index is 0.000000629. The highest BCUT2D eigenvalue weighted by Crippen LogP contribution is 2.38. The molecule has 0 saturated carbocycles. The number of anilines is 1. The number of carbonyl (C=O) groups excluding carboxylic acids is 1. The van der Waals surface area contributed by atoms with Gasteiger partial charge in [0.1, 0.15) is 0 Å². The zero-order valence-electron chi connectivity index (χ0n) is 30.5. The number of ether oxygens (including phenoxy) is 1. The van der Waals surface area contributed by atoms with Crippen molar-refractivity contribution in [1.29, 1.82) is 0 Å². The van der Waals surface area contributed by atoms with Crippen LogP contribution < -0.4 is 16.9 Å². The van der Waals surface area contributed by atoms with Gasteiger partial charge in [-0.25, -0.2) is 4.79 Å². The summed E-state index contributed by atoms with van der Waals surface area (Å²) in [6, 6.07) is 29.7. The smallest absolute Gasteiger partial charge is 0.337 e. The van der Waals surface area contributed by atoms with E-state index < -0.39 is 5.60 Å². The lowest BCUT2D eigenvalue weighted by Crippen LogP contribution is -2.45. The number of nitrogen functional groups attached to an aromatic ring is 1. The van der Waals surface area contributed by atoms with E-state index in [0.29, 0.717) is 10.7 Å². The van der Waals surface area contributed by atoms with Crippen LogP contribution in [0, 0.1) is 27.7 Å². The van der Waals surface area contributed by atoms with Crippen LogP contribution in [0.25, 0.3) is 0 Å². The molecule has 0 radical (unpaired) electrons. The minimum absolute atomic E-state index is 0. The van der Waals surface area contributed by atoms with Crippen LogP contribution in [-0.2, 0) is 19.8 Å². The monoisotopic (exact) mass is 694 g/mol. The molecule has 0 aromatic heterocycles. The van der Waals surface area contributed by atoms with Crippen molar-refractivity contribution >= 4 is 41.2 Å². The molecule has 0 bridgehead atoms. The van der Waals surface area contributed by atoms with Crippen LogP contribution in [-0.4, -0.2) is 23.4 Å². The van der Waals surface area contributed by atoms with Crippen molar-refractivity contribution in [3.05, 3.63) is 136 Å². The quantitative estimate of drug-likeness (QED) is 0.0474. The molecule has 0 unspecified atom stereocenters. The minimum atomic E-state index is -0.715. The Labute approximate surface area is 300 Å². The molecule has 8 heteroatoms. The van der Waals surface area contributed by atoms with Crippen molar-refractivity contribution in [3.63, 3.8) is 0 Å². The second kappa shape index (κ2) is 18.7. The van der Waals surface area contributed by atoms with E-state index in [0.717, 1.165) is 27.9 Å². The predicted octanol–water partition coefficient (Wildman–Crippen LogP) is 8.03. The highest BCUT2D eigenvalue weighted by Gasteiger charge is 2.26. The van der Waals surface area contributed by atoms with Gasteiger partial charge in [0.25, 0.3) is 0 Å². The predicted molar refractivity (Wildman–Crippen MR) is 212 cm³/mol. The summed E-state index contributed by atoms with van der Waals surface area (Å²) in [5.74, 6) is -0.287. The van der Waals surface area contributed by atoms with Gasteiger partial charge in [0.2, 0.25) is 0 Å². The number of aliphatic hydroxyl groups is 1. The maximum atomic E-state index is 10.9. The Morgan fingerprint density at radius 1 is 0.750 bits per heavy atom. The van der Waals surface area contributed by atoms with Gasteiger partial charge in [0, 0.05) is 16.6 Å². The van der Waals surface area contributed by atoms with E-state index in [1.807, 2.05) is 75.4 Å². The van der Waals surface area contributed by atoms with Crippen LogP contribution in [0.4, 0.5) is 5.69 Å². The molecule has 0 saturated heterocycles. The molecular formula is C40H58N3O3S2+. The molecule has 7 N–H and O–H groups in total. The molecule has 4 rings (SSSR count). The molecule has 0 heterocycles. The SMILES string of the molecule is COC(=O)c1ccc(C)cc1.Cc1ccc(C(C)(C)O)cc1.Cc1ccc(C(C)(C)S)cc1.Cc1ccc(C(C)(C)SC(N)=[NH2+])c(N)c1.[3HH]. The number of thioether (sulfide) groups is 1. The molecule has 4 aromatic carbocycles. The molecule has 6 nitrogen and oxygen atoms in total. The van der Waals surface area contributed by atoms with Gasteiger partial charge in [-0.1, -0.05) is 89.5 Å². The van der Waals surface area contributed by atoms with Gasteiger partial charge in [0.15, 0.2) is 0 Å². The highest BCUT2D eigenvalue weighted by molar-refractivity contribution is 8.14. The van der Waals surface area contributed by atoms with Crippen molar-refractivity contribution in [2.45, 2.75) is 84.3 Å². The average molecular weight is 695 g/mol. The van der Waals surface area contributed by atoms with Gasteiger partial charge >= 0.3 is 11.1 Å². The van der Waals surface area contributed by atoms with Crippen molar-refractivity contribution in [2.75, 3.05) is 12.8 Å². The van der Waals surface area contributed by atoms with Crippen LogP contribution in [0.1, 0.15) is 92.3 Å². The third kappa shape index (κ3) is 15.5. The number of rotatable bonds is 5. The fourth-order valence-corrected chi connectivity index (χ4v) is 5.34. The van der Waals surface area contributed by atoms with Crippen LogP contribution in [0.5, 0.6) is 0 Å². The summed E-state index contributed by atoms with van der Waals surface area (Å²) in [6.07, 6.45) is 0. The zero-order valence-corrected chi connectivity index (χ0v) is 32.2. The first-order chi connectivity index (χ1) is 22.1. The molecule has 0 fully saturated rings. The Morgan fingerprint density at radius 3 is 1.50 bits per heavy atom. The van der Waals surface area contributed by atoms with Gasteiger partial charge < -0.3 is 15.6 Å². The maximum Gasteiger partial charge on any atom is 0.337 e. The van der Waals surface area contributed by atoms with Crippen molar-refractivity contribution in [2.24, 2.45) is 5.73 Å². The molecule has 0 aliphatic rings. The van der Waals surface area contributed by atoms with E-state index in [-0.39, 0.29) is 16.9 Å². The standard InChI is InChI=1S/C11H17N3S.C10H14O.C10H14S.C9H10O2.H2/c1-7-4-5-8(9(12)6-7)11(2,3)15-10(13)14;2*1-8-4-6-9(7-5-8)10(2,3)11;1-7-3-5-8(6-4-7)9(10)11-2;/h4-6H,12H2,1-3H3,(H3,13,14);2*4-7,11H,1-3H3;3-6H,1-2H3;1H/p+1/i;;;;1+2. The summed E-state index contributed by atoms with van der Waals surface area (Å²) >= 11 is 5.90. The number of carbonyl (C=O) groups is 1. The summed E-state index contributed by atoms with van der Waals surface area (Å²) in [5, 5.41) is 15.5. The van der Waals surface area contributed by atoms with E-state index in [4.69, 9.17) is 16.9 Å².